The molecule has 230 valence electrons. The summed E-state index contributed by atoms with van der Waals surface area (Å²) in [5, 5.41) is 2.68. The number of carbonyl (C=O) groups is 2. The molecule has 3 aromatic rings. The maximum absolute atomic E-state index is 15.7. The predicted molar refractivity (Wildman–Crippen MR) is 153 cm³/mol. The highest BCUT2D eigenvalue weighted by Crippen LogP contribution is 2.38. The summed E-state index contributed by atoms with van der Waals surface area (Å²) in [6.07, 6.45) is -2.91. The zero-order valence-electron chi connectivity index (χ0n) is 23.6. The van der Waals surface area contributed by atoms with Gasteiger partial charge < -0.3 is 24.8 Å². The molecule has 0 saturated carbocycles. The molecule has 4 heterocycles. The van der Waals surface area contributed by atoms with Gasteiger partial charge in [-0.3, -0.25) is 19.3 Å². The van der Waals surface area contributed by atoms with E-state index in [2.05, 4.69) is 20.2 Å². The molecule has 2 aliphatic rings. The van der Waals surface area contributed by atoms with Crippen molar-refractivity contribution in [3.8, 4) is 10.6 Å². The van der Waals surface area contributed by atoms with Gasteiger partial charge in [0.15, 0.2) is 0 Å². The van der Waals surface area contributed by atoms with Gasteiger partial charge in [-0.15, -0.1) is 11.3 Å². The van der Waals surface area contributed by atoms with Gasteiger partial charge in [-0.1, -0.05) is 0 Å². The van der Waals surface area contributed by atoms with Crippen LogP contribution in [0.2, 0.25) is 0 Å². The summed E-state index contributed by atoms with van der Waals surface area (Å²) in [7, 11) is 1.96. The van der Waals surface area contributed by atoms with E-state index in [-0.39, 0.29) is 44.8 Å². The Kier molecular flexibility index (Phi) is 8.58. The monoisotopic (exact) mass is 622 g/mol. The molecular weight excluding hydrogens is 592 g/mol. The number of carbonyl (C=O) groups excluding carboxylic acids is 2. The van der Waals surface area contributed by atoms with Gasteiger partial charge in [0.1, 0.15) is 15.7 Å². The number of nitrogens with one attached hydrogen (secondary N) is 2. The molecule has 2 saturated heterocycles. The SMILES string of the molecule is C[C@@H]1CN(c2cc(F)c(-c3ncc(C(=O)N4CCOCC4)s3)cc2NC(=O)c2c[nH]c(=O)cc2C(F)(F)F)C[C@H](C)N1C. The smallest absolute Gasteiger partial charge is 0.378 e. The van der Waals surface area contributed by atoms with E-state index < -0.39 is 34.6 Å². The second-order valence-corrected chi connectivity index (χ2v) is 11.7. The number of halogens is 4. The number of ether oxygens (including phenoxy) is 1. The first-order valence-electron chi connectivity index (χ1n) is 13.6. The van der Waals surface area contributed by atoms with Crippen LogP contribution in [0.3, 0.4) is 0 Å². The molecule has 0 bridgehead atoms. The summed E-state index contributed by atoms with van der Waals surface area (Å²) < 4.78 is 62.2. The lowest BCUT2D eigenvalue weighted by molar-refractivity contribution is -0.138. The number of thiazole rings is 1. The summed E-state index contributed by atoms with van der Waals surface area (Å²) in [4.78, 5) is 50.1. The lowest BCUT2D eigenvalue weighted by Gasteiger charge is -2.44. The van der Waals surface area contributed by atoms with Crippen LogP contribution in [0.1, 0.15) is 39.4 Å². The Morgan fingerprint density at radius 1 is 1.12 bits per heavy atom. The van der Waals surface area contributed by atoms with Gasteiger partial charge in [0.2, 0.25) is 5.56 Å². The third-order valence-electron chi connectivity index (χ3n) is 7.75. The fourth-order valence-electron chi connectivity index (χ4n) is 5.19. The molecule has 0 spiro atoms. The molecule has 15 heteroatoms. The average molecular weight is 623 g/mol. The maximum atomic E-state index is 15.7. The zero-order valence-corrected chi connectivity index (χ0v) is 24.4. The van der Waals surface area contributed by atoms with Crippen molar-refractivity contribution < 1.29 is 31.9 Å². The molecule has 0 aliphatic carbocycles. The van der Waals surface area contributed by atoms with E-state index in [1.807, 2.05) is 25.8 Å². The van der Waals surface area contributed by atoms with E-state index in [1.54, 1.807) is 4.90 Å². The summed E-state index contributed by atoms with van der Waals surface area (Å²) >= 11 is 0.971. The second-order valence-electron chi connectivity index (χ2n) is 10.6. The third kappa shape index (κ3) is 6.43. The lowest BCUT2D eigenvalue weighted by atomic mass is 10.1. The number of morpholine rings is 1. The summed E-state index contributed by atoms with van der Waals surface area (Å²) in [6.45, 7) is 6.55. The summed E-state index contributed by atoms with van der Waals surface area (Å²) in [5.74, 6) is -2.08. The van der Waals surface area contributed by atoms with Crippen LogP contribution >= 0.6 is 11.3 Å². The van der Waals surface area contributed by atoms with Crippen molar-refractivity contribution >= 4 is 34.5 Å². The molecule has 2 fully saturated rings. The Hall–Kier alpha value is -3.82. The second kappa shape index (κ2) is 12.1. The van der Waals surface area contributed by atoms with Crippen molar-refractivity contribution in [1.82, 2.24) is 19.8 Å². The van der Waals surface area contributed by atoms with E-state index in [0.717, 1.165) is 11.3 Å². The number of amides is 2. The van der Waals surface area contributed by atoms with Crippen LogP contribution in [-0.2, 0) is 10.9 Å². The first-order valence-corrected chi connectivity index (χ1v) is 14.4. The number of piperazine rings is 1. The van der Waals surface area contributed by atoms with Gasteiger partial charge in [-0.05, 0) is 27.0 Å². The van der Waals surface area contributed by atoms with Crippen LogP contribution in [0.5, 0.6) is 0 Å². The number of H-pyrrole nitrogens is 1. The molecule has 2 N–H and O–H groups in total. The quantitative estimate of drug-likeness (QED) is 0.416. The van der Waals surface area contributed by atoms with Gasteiger partial charge in [0.25, 0.3) is 11.8 Å². The Morgan fingerprint density at radius 3 is 2.44 bits per heavy atom. The number of rotatable bonds is 5. The number of nitrogens with zero attached hydrogens (tertiary/aromatic N) is 4. The Balaban J connectivity index is 1.54. The van der Waals surface area contributed by atoms with E-state index >= 15 is 4.39 Å². The highest BCUT2D eigenvalue weighted by molar-refractivity contribution is 7.16. The van der Waals surface area contributed by atoms with Crippen LogP contribution in [0.25, 0.3) is 10.6 Å². The standard InChI is InChI=1S/C28H30F4N6O4S/c1-15-13-38(14-16(2)36(15)3)22-10-20(29)17(26-34-12-23(43-26)27(41)37-4-6-42-7-5-37)8-21(22)35-25(40)18-11-33-24(39)9-19(18)28(30,31)32/h8-12,15-16H,4-7,13-14H2,1-3H3,(H,33,39)(H,35,40)/t15-,16+. The minimum Gasteiger partial charge on any atom is -0.378 e. The fourth-order valence-corrected chi connectivity index (χ4v) is 6.09. The van der Waals surface area contributed by atoms with E-state index in [1.165, 1.54) is 18.3 Å². The Bertz CT molecular complexity index is 1570. The van der Waals surface area contributed by atoms with Crippen LogP contribution in [0.4, 0.5) is 28.9 Å². The fraction of sp³-hybridized carbons (Fsp3) is 0.429. The molecule has 43 heavy (non-hydrogen) atoms. The zero-order chi connectivity index (χ0) is 31.1. The first kappa shape index (κ1) is 30.6. The van der Waals surface area contributed by atoms with E-state index in [4.69, 9.17) is 4.74 Å². The molecule has 0 unspecified atom stereocenters. The van der Waals surface area contributed by atoms with Gasteiger partial charge >= 0.3 is 6.18 Å². The number of aromatic amines is 1. The highest BCUT2D eigenvalue weighted by atomic mass is 32.1. The van der Waals surface area contributed by atoms with Crippen molar-refractivity contribution in [3.63, 3.8) is 0 Å². The molecule has 2 amide bonds. The minimum absolute atomic E-state index is 0.0298. The average Bonchev–Trinajstić information content (AvgIpc) is 3.46. The summed E-state index contributed by atoms with van der Waals surface area (Å²) in [5.41, 5.74) is -2.90. The van der Waals surface area contributed by atoms with Crippen molar-refractivity contribution in [2.24, 2.45) is 0 Å². The van der Waals surface area contributed by atoms with Gasteiger partial charge in [0.05, 0.1) is 41.9 Å². The highest BCUT2D eigenvalue weighted by Gasteiger charge is 2.36. The van der Waals surface area contributed by atoms with Gasteiger partial charge in [-0.25, -0.2) is 9.37 Å². The van der Waals surface area contributed by atoms with Crippen molar-refractivity contribution in [3.05, 3.63) is 62.8 Å². The molecule has 5 rings (SSSR count). The minimum atomic E-state index is -4.97. The Morgan fingerprint density at radius 2 is 1.79 bits per heavy atom. The van der Waals surface area contributed by atoms with Crippen LogP contribution in [0, 0.1) is 5.82 Å². The molecule has 0 radical (unpaired) electrons. The van der Waals surface area contributed by atoms with E-state index in [9.17, 15) is 27.6 Å². The topological polar surface area (TPSA) is 111 Å². The third-order valence-corrected chi connectivity index (χ3v) is 8.77. The molecule has 2 aromatic heterocycles. The first-order chi connectivity index (χ1) is 20.3. The van der Waals surface area contributed by atoms with Gasteiger partial charge in [-0.2, -0.15) is 13.2 Å². The maximum Gasteiger partial charge on any atom is 0.417 e. The summed E-state index contributed by atoms with van der Waals surface area (Å²) in [6, 6.07) is 2.96. The van der Waals surface area contributed by atoms with Crippen molar-refractivity contribution in [2.45, 2.75) is 32.1 Å². The number of pyridine rings is 1. The van der Waals surface area contributed by atoms with Gasteiger partial charge in [0, 0.05) is 62.2 Å². The largest absolute Gasteiger partial charge is 0.417 e. The van der Waals surface area contributed by atoms with Crippen molar-refractivity contribution in [2.75, 3.05) is 56.7 Å². The predicted octanol–water partition coefficient (Wildman–Crippen LogP) is 3.91. The number of hydrogen-bond donors (Lipinski definition) is 2. The number of anilines is 2. The molecule has 2 atom stereocenters. The number of likely N-dealkylation sites (N-methyl/N-ethyl adjacent to an activating group) is 1. The molecule has 1 aromatic carbocycles. The number of hydrogen-bond acceptors (Lipinski definition) is 8. The van der Waals surface area contributed by atoms with Crippen LogP contribution in [0.15, 0.2) is 35.4 Å². The van der Waals surface area contributed by atoms with Crippen LogP contribution < -0.4 is 15.8 Å². The van der Waals surface area contributed by atoms with Crippen LogP contribution in [-0.4, -0.2) is 90.1 Å². The molecule has 10 nitrogen and oxygen atoms in total. The lowest BCUT2D eigenvalue weighted by Crippen LogP contribution is -2.55. The Labute approximate surface area is 248 Å². The van der Waals surface area contributed by atoms with E-state index in [0.29, 0.717) is 51.7 Å². The number of benzene rings is 1. The van der Waals surface area contributed by atoms with Crippen molar-refractivity contribution in [1.29, 1.82) is 0 Å². The molecular formula is C28H30F4N6O4S. The number of aromatic nitrogens is 2. The molecule has 2 aliphatic heterocycles. The normalized spacial score (nSPS) is 19.9. The number of alkyl halides is 3.